The van der Waals surface area contributed by atoms with Gasteiger partial charge in [0.05, 0.1) is 5.69 Å². The lowest BCUT2D eigenvalue weighted by Crippen LogP contribution is -2.12. The van der Waals surface area contributed by atoms with Gasteiger partial charge in [-0.2, -0.15) is 0 Å². The molecule has 1 aliphatic rings. The second-order valence-electron chi connectivity index (χ2n) is 5.37. The third kappa shape index (κ3) is 2.12. The maximum Gasteiger partial charge on any atom is 0.225 e. The van der Waals surface area contributed by atoms with Crippen LogP contribution in [0.5, 0.6) is 5.88 Å². The van der Waals surface area contributed by atoms with Crippen LogP contribution in [0.15, 0.2) is 46.9 Å². The number of hydrogen-bond acceptors (Lipinski definition) is 2. The number of aryl methyl sites for hydroxylation is 1. The Hall–Kier alpha value is -1.85. The highest BCUT2D eigenvalue weighted by Crippen LogP contribution is 2.37. The summed E-state index contributed by atoms with van der Waals surface area (Å²) in [5.41, 5.74) is 5.42. The molecule has 22 heavy (non-hydrogen) atoms. The van der Waals surface area contributed by atoms with Crippen molar-refractivity contribution < 1.29 is 4.74 Å². The summed E-state index contributed by atoms with van der Waals surface area (Å²) in [5, 5.41) is 0. The number of aromatic nitrogens is 2. The van der Waals surface area contributed by atoms with E-state index < -0.39 is 0 Å². The fraction of sp³-hybridized carbons (Fsp3) is 0.118. The molecule has 4 rings (SSSR count). The summed E-state index contributed by atoms with van der Waals surface area (Å²) in [6.07, 6.45) is 0. The molecule has 5 heteroatoms. The van der Waals surface area contributed by atoms with Crippen molar-refractivity contribution in [3.8, 4) is 22.8 Å². The number of fused-ring (bicyclic) bond motifs is 3. The van der Waals surface area contributed by atoms with Gasteiger partial charge in [-0.1, -0.05) is 45.8 Å². The number of H-pyrrole nitrogens is 1. The lowest BCUT2D eigenvalue weighted by atomic mass is 10.1. The van der Waals surface area contributed by atoms with Crippen LogP contribution in [0.25, 0.3) is 16.9 Å². The molecule has 110 valence electrons. The van der Waals surface area contributed by atoms with Crippen molar-refractivity contribution in [3.63, 3.8) is 0 Å². The number of nitrogens with one attached hydrogen (secondary N) is 1. The van der Waals surface area contributed by atoms with Crippen LogP contribution in [0.4, 0.5) is 0 Å². The number of aromatic amines is 1. The van der Waals surface area contributed by atoms with Crippen molar-refractivity contribution in [3.05, 3.63) is 62.8 Å². The molecule has 0 saturated carbocycles. The van der Waals surface area contributed by atoms with Crippen LogP contribution < -0.4 is 4.74 Å². The molecule has 0 fully saturated rings. The molecule has 1 aromatic heterocycles. The van der Waals surface area contributed by atoms with Crippen LogP contribution in [0.2, 0.25) is 0 Å². The van der Waals surface area contributed by atoms with Crippen LogP contribution in [0.3, 0.4) is 0 Å². The molecule has 3 aromatic rings. The minimum absolute atomic E-state index is 0.542. The maximum atomic E-state index is 5.99. The average Bonchev–Trinajstić information content (AvgIpc) is 2.85. The second-order valence-corrected chi connectivity index (χ2v) is 6.68. The van der Waals surface area contributed by atoms with E-state index in [0.717, 1.165) is 32.9 Å². The minimum atomic E-state index is 0.542. The summed E-state index contributed by atoms with van der Waals surface area (Å²) in [6.45, 7) is 2.62. The zero-order chi connectivity index (χ0) is 15.3. The van der Waals surface area contributed by atoms with E-state index in [2.05, 4.69) is 64.2 Å². The second kappa shape index (κ2) is 5.11. The summed E-state index contributed by atoms with van der Waals surface area (Å²) in [6, 6.07) is 14.5. The lowest BCUT2D eigenvalue weighted by molar-refractivity contribution is 0.276. The van der Waals surface area contributed by atoms with Crippen molar-refractivity contribution in [2.75, 3.05) is 0 Å². The standard InChI is InChI=1S/C17H13BrN2OS/c1-10-2-4-11(5-3-10)15-16-20(17(22)19-15)14-7-6-13(18)8-12(14)9-21-16/h2-8H,9H2,1H3,(H,19,22). The average molecular weight is 373 g/mol. The molecule has 0 aliphatic carbocycles. The van der Waals surface area contributed by atoms with Gasteiger partial charge in [0.1, 0.15) is 12.3 Å². The number of halogens is 1. The Morgan fingerprint density at radius 1 is 1.18 bits per heavy atom. The number of rotatable bonds is 1. The highest BCUT2D eigenvalue weighted by Gasteiger charge is 2.23. The van der Waals surface area contributed by atoms with Gasteiger partial charge in [-0.15, -0.1) is 0 Å². The molecule has 2 aromatic carbocycles. The highest BCUT2D eigenvalue weighted by molar-refractivity contribution is 9.10. The van der Waals surface area contributed by atoms with Gasteiger partial charge in [-0.25, -0.2) is 0 Å². The first-order valence-electron chi connectivity index (χ1n) is 6.97. The van der Waals surface area contributed by atoms with Gasteiger partial charge in [0, 0.05) is 15.6 Å². The summed E-state index contributed by atoms with van der Waals surface area (Å²) < 4.78 is 9.64. The Bertz CT molecular complexity index is 925. The van der Waals surface area contributed by atoms with Crippen molar-refractivity contribution in [1.29, 1.82) is 0 Å². The molecule has 1 N–H and O–H groups in total. The zero-order valence-electron chi connectivity index (χ0n) is 11.9. The van der Waals surface area contributed by atoms with E-state index in [-0.39, 0.29) is 0 Å². The van der Waals surface area contributed by atoms with Crippen molar-refractivity contribution >= 4 is 28.1 Å². The largest absolute Gasteiger partial charge is 0.472 e. The van der Waals surface area contributed by atoms with Gasteiger partial charge < -0.3 is 9.72 Å². The van der Waals surface area contributed by atoms with E-state index in [1.807, 2.05) is 10.6 Å². The first kappa shape index (κ1) is 13.8. The fourth-order valence-electron chi connectivity index (χ4n) is 2.73. The van der Waals surface area contributed by atoms with E-state index >= 15 is 0 Å². The summed E-state index contributed by atoms with van der Waals surface area (Å²) in [4.78, 5) is 3.29. The smallest absolute Gasteiger partial charge is 0.225 e. The van der Waals surface area contributed by atoms with Gasteiger partial charge >= 0.3 is 0 Å². The molecule has 3 nitrogen and oxygen atoms in total. The van der Waals surface area contributed by atoms with Crippen LogP contribution in [0.1, 0.15) is 11.1 Å². The summed E-state index contributed by atoms with van der Waals surface area (Å²) in [7, 11) is 0. The molecule has 0 saturated heterocycles. The Morgan fingerprint density at radius 2 is 1.95 bits per heavy atom. The maximum absolute atomic E-state index is 5.99. The van der Waals surface area contributed by atoms with Gasteiger partial charge in [-0.05, 0) is 37.3 Å². The monoisotopic (exact) mass is 372 g/mol. The Labute approximate surface area is 141 Å². The molecule has 0 atom stereocenters. The number of hydrogen-bond donors (Lipinski definition) is 1. The molecule has 0 unspecified atom stereocenters. The zero-order valence-corrected chi connectivity index (χ0v) is 14.3. The Balaban J connectivity index is 1.93. The van der Waals surface area contributed by atoms with Crippen molar-refractivity contribution in [1.82, 2.24) is 9.55 Å². The topological polar surface area (TPSA) is 29.9 Å². The molecular formula is C17H13BrN2OS. The van der Waals surface area contributed by atoms with Gasteiger partial charge in [-0.3, -0.25) is 4.57 Å². The number of ether oxygens (including phenoxy) is 1. The van der Waals surface area contributed by atoms with Crippen molar-refractivity contribution in [2.24, 2.45) is 0 Å². The molecule has 2 heterocycles. The third-order valence-corrected chi connectivity index (χ3v) is 4.62. The third-order valence-electron chi connectivity index (χ3n) is 3.84. The Kier molecular flexibility index (Phi) is 3.20. The van der Waals surface area contributed by atoms with Crippen LogP contribution in [-0.4, -0.2) is 9.55 Å². The van der Waals surface area contributed by atoms with E-state index in [0.29, 0.717) is 11.4 Å². The van der Waals surface area contributed by atoms with Crippen LogP contribution in [0, 0.1) is 11.7 Å². The fourth-order valence-corrected chi connectivity index (χ4v) is 3.42. The number of benzene rings is 2. The molecular weight excluding hydrogens is 360 g/mol. The van der Waals surface area contributed by atoms with E-state index in [1.165, 1.54) is 5.56 Å². The number of imidazole rings is 1. The van der Waals surface area contributed by atoms with Crippen LogP contribution >= 0.6 is 28.1 Å². The van der Waals surface area contributed by atoms with Gasteiger partial charge in [0.15, 0.2) is 4.77 Å². The quantitative estimate of drug-likeness (QED) is 0.597. The molecule has 0 amide bonds. The summed E-state index contributed by atoms with van der Waals surface area (Å²) >= 11 is 9.01. The predicted octanol–water partition coefficient (Wildman–Crippen LogP) is 5.17. The van der Waals surface area contributed by atoms with E-state index in [4.69, 9.17) is 17.0 Å². The highest BCUT2D eigenvalue weighted by atomic mass is 79.9. The van der Waals surface area contributed by atoms with Gasteiger partial charge in [0.2, 0.25) is 5.88 Å². The lowest BCUT2D eigenvalue weighted by Gasteiger charge is -2.20. The number of nitrogens with zero attached hydrogens (tertiary/aromatic N) is 1. The molecule has 0 spiro atoms. The molecule has 1 aliphatic heterocycles. The van der Waals surface area contributed by atoms with Crippen molar-refractivity contribution in [2.45, 2.75) is 13.5 Å². The Morgan fingerprint density at radius 3 is 2.73 bits per heavy atom. The molecule has 0 radical (unpaired) electrons. The minimum Gasteiger partial charge on any atom is -0.472 e. The normalized spacial score (nSPS) is 12.5. The molecule has 0 bridgehead atoms. The first-order chi connectivity index (χ1) is 10.6. The first-order valence-corrected chi connectivity index (χ1v) is 8.17. The van der Waals surface area contributed by atoms with Crippen LogP contribution in [-0.2, 0) is 6.61 Å². The van der Waals surface area contributed by atoms with E-state index in [9.17, 15) is 0 Å². The summed E-state index contributed by atoms with van der Waals surface area (Å²) in [5.74, 6) is 0.781. The van der Waals surface area contributed by atoms with Gasteiger partial charge in [0.25, 0.3) is 0 Å². The predicted molar refractivity (Wildman–Crippen MR) is 93.2 cm³/mol. The van der Waals surface area contributed by atoms with E-state index in [1.54, 1.807) is 0 Å². The SMILES string of the molecule is Cc1ccc(-c2[nH]c(=S)n3c2OCc2cc(Br)ccc2-3)cc1.